The molecular weight excluding hydrogens is 239 g/mol. The number of hydrogen-bond acceptors (Lipinski definition) is 3. The molecule has 0 saturated carbocycles. The van der Waals surface area contributed by atoms with Gasteiger partial charge in [0.1, 0.15) is 23.3 Å². The maximum atomic E-state index is 12.6. The summed E-state index contributed by atoms with van der Waals surface area (Å²) in [6.07, 6.45) is 0.694. The van der Waals surface area contributed by atoms with Crippen LogP contribution in [0.5, 0.6) is 5.75 Å². The summed E-state index contributed by atoms with van der Waals surface area (Å²) in [5, 5.41) is 8.79. The zero-order valence-corrected chi connectivity index (χ0v) is 10.1. The lowest BCUT2D eigenvalue weighted by atomic mass is 10.00. The molecule has 1 N–H and O–H groups in total. The van der Waals surface area contributed by atoms with Gasteiger partial charge in [0.15, 0.2) is 0 Å². The monoisotopic (exact) mass is 254 g/mol. The van der Waals surface area contributed by atoms with Crippen LogP contribution < -0.4 is 4.74 Å². The summed E-state index contributed by atoms with van der Waals surface area (Å²) in [5.74, 6) is -2.26. The molecule has 98 valence electrons. The molecule has 4 nitrogen and oxygen atoms in total. The Morgan fingerprint density at radius 1 is 1.33 bits per heavy atom. The Bertz CT molecular complexity index is 400. The number of ether oxygens (including phenoxy) is 1. The maximum absolute atomic E-state index is 12.6. The number of hydrogen-bond donors (Lipinski definition) is 1. The van der Waals surface area contributed by atoms with Crippen LogP contribution in [0.25, 0.3) is 0 Å². The zero-order chi connectivity index (χ0) is 13.5. The minimum atomic E-state index is -1.11. The van der Waals surface area contributed by atoms with Gasteiger partial charge >= 0.3 is 5.97 Å². The van der Waals surface area contributed by atoms with Crippen LogP contribution in [0.15, 0.2) is 24.3 Å². The van der Waals surface area contributed by atoms with Gasteiger partial charge in [0.25, 0.3) is 0 Å². The molecular formula is C13H15FO4. The molecule has 0 fully saturated rings. The van der Waals surface area contributed by atoms with Gasteiger partial charge in [-0.05, 0) is 44.0 Å². The van der Waals surface area contributed by atoms with Crippen molar-refractivity contribution < 1.29 is 23.8 Å². The van der Waals surface area contributed by atoms with Gasteiger partial charge in [0.2, 0.25) is 0 Å². The van der Waals surface area contributed by atoms with E-state index in [1.165, 1.54) is 31.2 Å². The molecule has 1 aromatic carbocycles. The minimum absolute atomic E-state index is 0.242. The smallest absolute Gasteiger partial charge is 0.314 e. The zero-order valence-electron chi connectivity index (χ0n) is 10.1. The van der Waals surface area contributed by atoms with Crippen molar-refractivity contribution in [3.63, 3.8) is 0 Å². The van der Waals surface area contributed by atoms with Crippen molar-refractivity contribution in [3.8, 4) is 5.75 Å². The first kappa shape index (κ1) is 14.2. The molecule has 5 heteroatoms. The lowest BCUT2D eigenvalue weighted by Crippen LogP contribution is -2.22. The van der Waals surface area contributed by atoms with E-state index in [-0.39, 0.29) is 18.0 Å². The number of benzene rings is 1. The number of halogens is 1. The third-order valence-electron chi connectivity index (χ3n) is 2.51. The SMILES string of the molecule is CC(=O)C(CCCOc1ccc(F)cc1)C(=O)O. The largest absolute Gasteiger partial charge is 0.494 e. The van der Waals surface area contributed by atoms with E-state index in [4.69, 9.17) is 9.84 Å². The van der Waals surface area contributed by atoms with Crippen LogP contribution in [0.4, 0.5) is 4.39 Å². The second kappa shape index (κ2) is 6.74. The summed E-state index contributed by atoms with van der Waals surface area (Å²) in [6, 6.07) is 5.56. The maximum Gasteiger partial charge on any atom is 0.314 e. The Morgan fingerprint density at radius 3 is 2.44 bits per heavy atom. The number of carboxylic acid groups (broad SMARTS) is 1. The predicted molar refractivity (Wildman–Crippen MR) is 62.9 cm³/mol. The molecule has 1 unspecified atom stereocenters. The number of carbonyl (C=O) groups excluding carboxylic acids is 1. The van der Waals surface area contributed by atoms with Crippen molar-refractivity contribution in [1.29, 1.82) is 0 Å². The van der Waals surface area contributed by atoms with Crippen LogP contribution in [0.1, 0.15) is 19.8 Å². The third-order valence-corrected chi connectivity index (χ3v) is 2.51. The number of Topliss-reactive ketones (excluding diaryl/α,β-unsaturated/α-hetero) is 1. The fraction of sp³-hybridized carbons (Fsp3) is 0.385. The Hall–Kier alpha value is -1.91. The van der Waals surface area contributed by atoms with Gasteiger partial charge in [-0.2, -0.15) is 0 Å². The quantitative estimate of drug-likeness (QED) is 0.599. The summed E-state index contributed by atoms with van der Waals surface area (Å²) in [7, 11) is 0. The number of carboxylic acids is 1. The van der Waals surface area contributed by atoms with Crippen LogP contribution in [0, 0.1) is 11.7 Å². The van der Waals surface area contributed by atoms with Gasteiger partial charge in [-0.1, -0.05) is 0 Å². The number of rotatable bonds is 7. The predicted octanol–water partition coefficient (Wildman–Crippen LogP) is 2.27. The average Bonchev–Trinajstić information content (AvgIpc) is 2.30. The van der Waals surface area contributed by atoms with Crippen LogP contribution in [-0.2, 0) is 9.59 Å². The van der Waals surface area contributed by atoms with E-state index >= 15 is 0 Å². The second-order valence-electron chi connectivity index (χ2n) is 3.95. The molecule has 1 atom stereocenters. The van der Waals surface area contributed by atoms with Crippen molar-refractivity contribution in [2.24, 2.45) is 5.92 Å². The summed E-state index contributed by atoms with van der Waals surface area (Å²) < 4.78 is 17.9. The van der Waals surface area contributed by atoms with E-state index in [9.17, 15) is 14.0 Å². The fourth-order valence-corrected chi connectivity index (χ4v) is 1.51. The number of ketones is 1. The van der Waals surface area contributed by atoms with Crippen LogP contribution in [0.2, 0.25) is 0 Å². The molecule has 0 aliphatic heterocycles. The lowest BCUT2D eigenvalue weighted by molar-refractivity contribution is -0.146. The van der Waals surface area contributed by atoms with Crippen molar-refractivity contribution in [3.05, 3.63) is 30.1 Å². The molecule has 0 amide bonds. The third kappa shape index (κ3) is 4.53. The topological polar surface area (TPSA) is 63.6 Å². The Morgan fingerprint density at radius 2 is 1.94 bits per heavy atom. The molecule has 0 radical (unpaired) electrons. The average molecular weight is 254 g/mol. The molecule has 0 aliphatic rings. The van der Waals surface area contributed by atoms with Gasteiger partial charge in [0, 0.05) is 0 Å². The number of carbonyl (C=O) groups is 2. The molecule has 0 saturated heterocycles. The van der Waals surface area contributed by atoms with Gasteiger partial charge < -0.3 is 9.84 Å². The Labute approximate surface area is 104 Å². The van der Waals surface area contributed by atoms with E-state index in [2.05, 4.69) is 0 Å². The van der Waals surface area contributed by atoms with Crippen molar-refractivity contribution in [2.75, 3.05) is 6.61 Å². The molecule has 0 aromatic heterocycles. The van der Waals surface area contributed by atoms with Gasteiger partial charge in [-0.3, -0.25) is 9.59 Å². The highest BCUT2D eigenvalue weighted by atomic mass is 19.1. The number of aliphatic carboxylic acids is 1. The van der Waals surface area contributed by atoms with Gasteiger partial charge in [-0.25, -0.2) is 4.39 Å². The van der Waals surface area contributed by atoms with Crippen molar-refractivity contribution in [1.82, 2.24) is 0 Å². The van der Waals surface area contributed by atoms with E-state index in [0.29, 0.717) is 18.8 Å². The van der Waals surface area contributed by atoms with E-state index in [1.54, 1.807) is 0 Å². The van der Waals surface area contributed by atoms with Crippen LogP contribution in [0.3, 0.4) is 0 Å². The first-order valence-electron chi connectivity index (χ1n) is 5.62. The summed E-state index contributed by atoms with van der Waals surface area (Å²) in [5.41, 5.74) is 0. The summed E-state index contributed by atoms with van der Waals surface area (Å²) in [6.45, 7) is 1.56. The highest BCUT2D eigenvalue weighted by Crippen LogP contribution is 2.13. The summed E-state index contributed by atoms with van der Waals surface area (Å²) >= 11 is 0. The van der Waals surface area contributed by atoms with Gasteiger partial charge in [-0.15, -0.1) is 0 Å². The van der Waals surface area contributed by atoms with Crippen LogP contribution >= 0.6 is 0 Å². The van der Waals surface area contributed by atoms with Crippen LogP contribution in [-0.4, -0.2) is 23.5 Å². The standard InChI is InChI=1S/C13H15FO4/c1-9(15)12(13(16)17)3-2-8-18-11-6-4-10(14)5-7-11/h4-7,12H,2-3,8H2,1H3,(H,16,17). The first-order chi connectivity index (χ1) is 8.50. The molecule has 1 aromatic rings. The minimum Gasteiger partial charge on any atom is -0.494 e. The van der Waals surface area contributed by atoms with E-state index in [1.807, 2.05) is 0 Å². The summed E-state index contributed by atoms with van der Waals surface area (Å²) in [4.78, 5) is 21.8. The Balaban J connectivity index is 2.32. The van der Waals surface area contributed by atoms with E-state index in [0.717, 1.165) is 0 Å². The van der Waals surface area contributed by atoms with E-state index < -0.39 is 11.9 Å². The highest BCUT2D eigenvalue weighted by molar-refractivity contribution is 5.96. The molecule has 18 heavy (non-hydrogen) atoms. The second-order valence-corrected chi connectivity index (χ2v) is 3.95. The Kier molecular flexibility index (Phi) is 5.30. The molecule has 1 rings (SSSR count). The molecule has 0 bridgehead atoms. The normalized spacial score (nSPS) is 11.9. The highest BCUT2D eigenvalue weighted by Gasteiger charge is 2.21. The fourth-order valence-electron chi connectivity index (χ4n) is 1.51. The molecule has 0 aliphatic carbocycles. The van der Waals surface area contributed by atoms with Crippen molar-refractivity contribution in [2.45, 2.75) is 19.8 Å². The molecule has 0 heterocycles. The van der Waals surface area contributed by atoms with Crippen molar-refractivity contribution >= 4 is 11.8 Å². The first-order valence-corrected chi connectivity index (χ1v) is 5.62. The van der Waals surface area contributed by atoms with Gasteiger partial charge in [0.05, 0.1) is 6.61 Å². The molecule has 0 spiro atoms. The lowest BCUT2D eigenvalue weighted by Gasteiger charge is -2.09.